The third-order valence-corrected chi connectivity index (χ3v) is 4.76. The third-order valence-electron chi connectivity index (χ3n) is 4.76. The quantitative estimate of drug-likeness (QED) is 0.675. The van der Waals surface area contributed by atoms with Gasteiger partial charge in [-0.05, 0) is 31.5 Å². The molecule has 7 heteroatoms. The predicted octanol–water partition coefficient (Wildman–Crippen LogP) is 3.72. The largest absolute Gasteiger partial charge is 0.492 e. The Morgan fingerprint density at radius 1 is 1.07 bits per heavy atom. The first-order valence-electron chi connectivity index (χ1n) is 10.3. The van der Waals surface area contributed by atoms with Gasteiger partial charge in [0.05, 0.1) is 44.4 Å². The Morgan fingerprint density at radius 2 is 1.80 bits per heavy atom. The molecule has 0 bridgehead atoms. The van der Waals surface area contributed by atoms with Crippen LogP contribution in [0.15, 0.2) is 36.4 Å². The van der Waals surface area contributed by atoms with E-state index >= 15 is 0 Å². The van der Waals surface area contributed by atoms with E-state index in [0.717, 1.165) is 24.3 Å². The molecule has 7 nitrogen and oxygen atoms in total. The van der Waals surface area contributed by atoms with E-state index in [0.29, 0.717) is 55.8 Å². The van der Waals surface area contributed by atoms with E-state index < -0.39 is 0 Å². The van der Waals surface area contributed by atoms with Gasteiger partial charge in [0.1, 0.15) is 11.5 Å². The number of nitrogens with zero attached hydrogens (tertiary/aromatic N) is 1. The number of hydrogen-bond donors (Lipinski definition) is 1. The molecule has 0 saturated carbocycles. The maximum atomic E-state index is 12.9. The van der Waals surface area contributed by atoms with Gasteiger partial charge < -0.3 is 29.2 Å². The van der Waals surface area contributed by atoms with E-state index in [4.69, 9.17) is 18.9 Å². The van der Waals surface area contributed by atoms with Crippen LogP contribution in [-0.4, -0.2) is 52.5 Å². The minimum atomic E-state index is -0.213. The van der Waals surface area contributed by atoms with E-state index in [1.807, 2.05) is 44.2 Å². The maximum absolute atomic E-state index is 12.9. The summed E-state index contributed by atoms with van der Waals surface area (Å²) in [5, 5.41) is 2.98. The van der Waals surface area contributed by atoms with Gasteiger partial charge in [0.15, 0.2) is 0 Å². The van der Waals surface area contributed by atoms with E-state index in [-0.39, 0.29) is 5.91 Å². The van der Waals surface area contributed by atoms with Crippen LogP contribution in [0.1, 0.15) is 29.8 Å². The smallest absolute Gasteiger partial charge is 0.255 e. The fraction of sp³-hybridized carbons (Fsp3) is 0.435. The Bertz CT molecular complexity index is 849. The Hall–Kier alpha value is -2.77. The van der Waals surface area contributed by atoms with Crippen LogP contribution in [0.4, 0.5) is 11.4 Å². The summed E-state index contributed by atoms with van der Waals surface area (Å²) in [5.41, 5.74) is 3.03. The summed E-state index contributed by atoms with van der Waals surface area (Å²) in [6, 6.07) is 11.2. The number of rotatable bonds is 9. The van der Waals surface area contributed by atoms with Gasteiger partial charge in [-0.3, -0.25) is 4.79 Å². The summed E-state index contributed by atoms with van der Waals surface area (Å²) in [7, 11) is 1.63. The van der Waals surface area contributed by atoms with Crippen molar-refractivity contribution >= 4 is 17.3 Å². The van der Waals surface area contributed by atoms with Gasteiger partial charge in [0.2, 0.25) is 0 Å². The van der Waals surface area contributed by atoms with Crippen molar-refractivity contribution in [3.8, 4) is 11.5 Å². The highest BCUT2D eigenvalue weighted by Gasteiger charge is 2.20. The Kier molecular flexibility index (Phi) is 7.93. The lowest BCUT2D eigenvalue weighted by Gasteiger charge is -2.31. The second-order valence-electron chi connectivity index (χ2n) is 6.87. The number of amides is 1. The molecule has 2 aromatic carbocycles. The van der Waals surface area contributed by atoms with Crippen LogP contribution in [0.5, 0.6) is 11.5 Å². The molecule has 3 rings (SSSR count). The minimum absolute atomic E-state index is 0.213. The summed E-state index contributed by atoms with van der Waals surface area (Å²) in [4.78, 5) is 15.1. The molecule has 0 unspecified atom stereocenters. The van der Waals surface area contributed by atoms with Crippen LogP contribution in [0.2, 0.25) is 0 Å². The fourth-order valence-corrected chi connectivity index (χ4v) is 3.41. The van der Waals surface area contributed by atoms with Crippen molar-refractivity contribution < 1.29 is 23.7 Å². The monoisotopic (exact) mass is 414 g/mol. The molecule has 0 spiro atoms. The zero-order valence-corrected chi connectivity index (χ0v) is 17.9. The van der Waals surface area contributed by atoms with Crippen LogP contribution in [0.25, 0.3) is 0 Å². The van der Waals surface area contributed by atoms with Gasteiger partial charge >= 0.3 is 0 Å². The van der Waals surface area contributed by atoms with Crippen molar-refractivity contribution in [1.29, 1.82) is 0 Å². The van der Waals surface area contributed by atoms with Crippen molar-refractivity contribution in [3.05, 3.63) is 47.5 Å². The Labute approximate surface area is 177 Å². The summed E-state index contributed by atoms with van der Waals surface area (Å²) in [5.74, 6) is 1.12. The number of methoxy groups -OCH3 is 1. The minimum Gasteiger partial charge on any atom is -0.492 e. The van der Waals surface area contributed by atoms with Crippen LogP contribution >= 0.6 is 0 Å². The molecule has 1 N–H and O–H groups in total. The zero-order valence-electron chi connectivity index (χ0n) is 17.9. The molecule has 30 heavy (non-hydrogen) atoms. The number of carbonyl (C=O) groups excluding carboxylic acids is 1. The lowest BCUT2D eigenvalue weighted by molar-refractivity contribution is 0.102. The fourth-order valence-electron chi connectivity index (χ4n) is 3.41. The van der Waals surface area contributed by atoms with Crippen molar-refractivity contribution in [2.45, 2.75) is 20.5 Å². The Morgan fingerprint density at radius 3 is 2.50 bits per heavy atom. The molecule has 1 aliphatic rings. The summed E-state index contributed by atoms with van der Waals surface area (Å²) in [6.45, 7) is 8.24. The van der Waals surface area contributed by atoms with Crippen molar-refractivity contribution in [3.63, 3.8) is 0 Å². The highest BCUT2D eigenvalue weighted by molar-refractivity contribution is 6.05. The molecule has 2 aromatic rings. The average molecular weight is 415 g/mol. The summed E-state index contributed by atoms with van der Waals surface area (Å²) < 4.78 is 22.4. The Balaban J connectivity index is 1.91. The molecule has 1 amide bonds. The van der Waals surface area contributed by atoms with Crippen LogP contribution in [0, 0.1) is 0 Å². The number of morpholine rings is 1. The number of ether oxygens (including phenoxy) is 4. The van der Waals surface area contributed by atoms with Gasteiger partial charge in [-0.15, -0.1) is 0 Å². The number of nitrogens with one attached hydrogen (secondary N) is 1. The van der Waals surface area contributed by atoms with Gasteiger partial charge in [-0.25, -0.2) is 0 Å². The molecule has 162 valence electrons. The van der Waals surface area contributed by atoms with E-state index in [9.17, 15) is 4.79 Å². The lowest BCUT2D eigenvalue weighted by atomic mass is 10.1. The number of carbonyl (C=O) groups is 1. The second-order valence-corrected chi connectivity index (χ2v) is 6.87. The average Bonchev–Trinajstić information content (AvgIpc) is 2.77. The number of hydrogen-bond acceptors (Lipinski definition) is 6. The molecule has 1 saturated heterocycles. The molecule has 1 heterocycles. The summed E-state index contributed by atoms with van der Waals surface area (Å²) >= 11 is 0. The van der Waals surface area contributed by atoms with Gasteiger partial charge in [-0.2, -0.15) is 0 Å². The van der Waals surface area contributed by atoms with E-state index in [2.05, 4.69) is 10.2 Å². The SMILES string of the molecule is CCOc1cc(N2CCOCC2)c(OCC)cc1NC(=O)c1cccc(COC)c1. The van der Waals surface area contributed by atoms with Crippen molar-refractivity contribution in [2.75, 3.05) is 56.8 Å². The highest BCUT2D eigenvalue weighted by Crippen LogP contribution is 2.39. The number of benzene rings is 2. The third kappa shape index (κ3) is 5.43. The van der Waals surface area contributed by atoms with Gasteiger partial charge in [-0.1, -0.05) is 12.1 Å². The molecular formula is C23H30N2O5. The molecule has 0 aliphatic carbocycles. The molecule has 1 aliphatic heterocycles. The lowest BCUT2D eigenvalue weighted by Crippen LogP contribution is -2.36. The highest BCUT2D eigenvalue weighted by atomic mass is 16.5. The molecule has 0 aromatic heterocycles. The first-order valence-corrected chi connectivity index (χ1v) is 10.3. The molecular weight excluding hydrogens is 384 g/mol. The topological polar surface area (TPSA) is 69.3 Å². The van der Waals surface area contributed by atoms with Crippen LogP contribution in [0.3, 0.4) is 0 Å². The molecule has 0 radical (unpaired) electrons. The summed E-state index contributed by atoms with van der Waals surface area (Å²) in [6.07, 6.45) is 0. The van der Waals surface area contributed by atoms with Crippen LogP contribution in [-0.2, 0) is 16.1 Å². The van der Waals surface area contributed by atoms with Crippen molar-refractivity contribution in [2.24, 2.45) is 0 Å². The van der Waals surface area contributed by atoms with E-state index in [1.165, 1.54) is 0 Å². The normalized spacial score (nSPS) is 13.8. The predicted molar refractivity (Wildman–Crippen MR) is 117 cm³/mol. The van der Waals surface area contributed by atoms with E-state index in [1.54, 1.807) is 13.2 Å². The number of anilines is 2. The second kappa shape index (κ2) is 10.8. The first-order chi connectivity index (χ1) is 14.7. The maximum Gasteiger partial charge on any atom is 0.255 e. The zero-order chi connectivity index (χ0) is 21.3. The van der Waals surface area contributed by atoms with Crippen LogP contribution < -0.4 is 19.7 Å². The van der Waals surface area contributed by atoms with Gasteiger partial charge in [0, 0.05) is 37.9 Å². The molecule has 0 atom stereocenters. The standard InChI is InChI=1S/C23H30N2O5/c1-4-29-21-15-20(25-9-11-28-12-10-25)22(30-5-2)14-19(21)24-23(26)18-8-6-7-17(13-18)16-27-3/h6-8,13-15H,4-5,9-12,16H2,1-3H3,(H,24,26). The van der Waals surface area contributed by atoms with Gasteiger partial charge in [0.25, 0.3) is 5.91 Å². The molecule has 1 fully saturated rings. The first kappa shape index (κ1) is 21.9. The van der Waals surface area contributed by atoms with Crippen molar-refractivity contribution in [1.82, 2.24) is 0 Å².